The summed E-state index contributed by atoms with van der Waals surface area (Å²) in [5.74, 6) is 0.651. The molecule has 0 unspecified atom stereocenters. The second-order valence-electron chi connectivity index (χ2n) is 5.25. The van der Waals surface area contributed by atoms with Gasteiger partial charge in [0.25, 0.3) is 5.69 Å². The molecule has 3 aromatic rings. The first kappa shape index (κ1) is 16.2. The molecule has 0 radical (unpaired) electrons. The molecule has 0 aliphatic heterocycles. The van der Waals surface area contributed by atoms with E-state index in [-0.39, 0.29) is 22.6 Å². The number of ether oxygens (including phenoxy) is 1. The topological polar surface area (TPSA) is 89.7 Å². The van der Waals surface area contributed by atoms with E-state index in [4.69, 9.17) is 4.74 Å². The molecule has 3 aromatic carbocycles. The molecule has 6 heteroatoms. The van der Waals surface area contributed by atoms with Crippen molar-refractivity contribution in [3.8, 4) is 28.4 Å². The molecular formula is C19H13NO5. The summed E-state index contributed by atoms with van der Waals surface area (Å²) in [6.45, 7) is 0. The molecule has 0 fully saturated rings. The molecule has 0 saturated carbocycles. The lowest BCUT2D eigenvalue weighted by Crippen LogP contribution is -1.92. The van der Waals surface area contributed by atoms with Crippen molar-refractivity contribution in [3.05, 3.63) is 82.4 Å². The molecule has 0 heterocycles. The van der Waals surface area contributed by atoms with Crippen LogP contribution in [0, 0.1) is 10.1 Å². The van der Waals surface area contributed by atoms with Gasteiger partial charge in [0.2, 0.25) is 0 Å². The summed E-state index contributed by atoms with van der Waals surface area (Å²) in [5.41, 5.74) is 0.612. The Balaban J connectivity index is 2.09. The van der Waals surface area contributed by atoms with E-state index in [2.05, 4.69) is 0 Å². The number of phenols is 1. The molecule has 0 atom stereocenters. The summed E-state index contributed by atoms with van der Waals surface area (Å²) in [5, 5.41) is 21.3. The minimum atomic E-state index is -0.522. The van der Waals surface area contributed by atoms with Crippen LogP contribution in [0.25, 0.3) is 11.1 Å². The standard InChI is InChI=1S/C19H13NO5/c21-12-14-10-17(25-16-7-2-1-3-8-16)11-18(19(14)22)13-5-4-6-15(9-13)20(23)24/h1-12,22H. The molecule has 1 N–H and O–H groups in total. The Morgan fingerprint density at radius 1 is 0.960 bits per heavy atom. The molecule has 0 aliphatic carbocycles. The Labute approximate surface area is 143 Å². The van der Waals surface area contributed by atoms with Gasteiger partial charge in [0.1, 0.15) is 17.2 Å². The average Bonchev–Trinajstić information content (AvgIpc) is 2.64. The van der Waals surface area contributed by atoms with E-state index in [9.17, 15) is 20.0 Å². The first-order valence-corrected chi connectivity index (χ1v) is 7.38. The van der Waals surface area contributed by atoms with Crippen LogP contribution in [-0.4, -0.2) is 16.3 Å². The maximum atomic E-state index is 11.3. The summed E-state index contributed by atoms with van der Waals surface area (Å²) in [6, 6.07) is 17.7. The summed E-state index contributed by atoms with van der Waals surface area (Å²) in [6.07, 6.45) is 0.508. The number of nitrogens with zero attached hydrogens (tertiary/aromatic N) is 1. The summed E-state index contributed by atoms with van der Waals surface area (Å²) >= 11 is 0. The Morgan fingerprint density at radius 3 is 2.40 bits per heavy atom. The van der Waals surface area contributed by atoms with Gasteiger partial charge in [0.05, 0.1) is 10.5 Å². The van der Waals surface area contributed by atoms with Gasteiger partial charge >= 0.3 is 0 Å². The van der Waals surface area contributed by atoms with Gasteiger partial charge in [-0.25, -0.2) is 0 Å². The summed E-state index contributed by atoms with van der Waals surface area (Å²) in [4.78, 5) is 21.7. The Kier molecular flexibility index (Phi) is 4.43. The summed E-state index contributed by atoms with van der Waals surface area (Å²) < 4.78 is 5.71. The molecule has 6 nitrogen and oxygen atoms in total. The van der Waals surface area contributed by atoms with Crippen molar-refractivity contribution >= 4 is 12.0 Å². The first-order valence-electron chi connectivity index (χ1n) is 7.38. The van der Waals surface area contributed by atoms with E-state index in [0.29, 0.717) is 23.3 Å². The predicted octanol–water partition coefficient (Wildman–Crippen LogP) is 4.57. The number of carbonyl (C=O) groups is 1. The number of phenolic OH excluding ortho intramolecular Hbond substituents is 1. The van der Waals surface area contributed by atoms with Gasteiger partial charge in [-0.15, -0.1) is 0 Å². The Morgan fingerprint density at radius 2 is 1.72 bits per heavy atom. The maximum absolute atomic E-state index is 11.3. The number of nitro groups is 1. The van der Waals surface area contributed by atoms with Gasteiger partial charge in [-0.05, 0) is 29.8 Å². The fraction of sp³-hybridized carbons (Fsp3) is 0. The van der Waals surface area contributed by atoms with Gasteiger partial charge in [-0.2, -0.15) is 0 Å². The van der Waals surface area contributed by atoms with Crippen molar-refractivity contribution < 1.29 is 19.6 Å². The second-order valence-corrected chi connectivity index (χ2v) is 5.25. The number of hydrogen-bond donors (Lipinski definition) is 1. The minimum Gasteiger partial charge on any atom is -0.507 e. The number of hydrogen-bond acceptors (Lipinski definition) is 5. The first-order chi connectivity index (χ1) is 12.1. The minimum absolute atomic E-state index is 0.0370. The number of benzene rings is 3. The Bertz CT molecular complexity index is 938. The largest absolute Gasteiger partial charge is 0.507 e. The predicted molar refractivity (Wildman–Crippen MR) is 92.1 cm³/mol. The van der Waals surface area contributed by atoms with Crippen LogP contribution in [0.5, 0.6) is 17.2 Å². The van der Waals surface area contributed by atoms with Gasteiger partial charge < -0.3 is 9.84 Å². The molecule has 0 saturated heterocycles. The molecule has 25 heavy (non-hydrogen) atoms. The van der Waals surface area contributed by atoms with Gasteiger partial charge in [0, 0.05) is 17.7 Å². The van der Waals surface area contributed by atoms with Gasteiger partial charge in [-0.1, -0.05) is 30.3 Å². The van der Waals surface area contributed by atoms with E-state index < -0.39 is 4.92 Å². The molecule has 0 spiro atoms. The number of non-ortho nitro benzene ring substituents is 1. The van der Waals surface area contributed by atoms with Crippen LogP contribution in [0.3, 0.4) is 0 Å². The van der Waals surface area contributed by atoms with Gasteiger partial charge in [0.15, 0.2) is 6.29 Å². The van der Waals surface area contributed by atoms with Crippen molar-refractivity contribution in [1.82, 2.24) is 0 Å². The van der Waals surface area contributed by atoms with E-state index in [0.717, 1.165) is 0 Å². The van der Waals surface area contributed by atoms with Crippen molar-refractivity contribution in [3.63, 3.8) is 0 Å². The van der Waals surface area contributed by atoms with E-state index in [1.165, 1.54) is 30.3 Å². The third-order valence-electron chi connectivity index (χ3n) is 3.59. The van der Waals surface area contributed by atoms with Crippen LogP contribution in [0.15, 0.2) is 66.7 Å². The van der Waals surface area contributed by atoms with E-state index >= 15 is 0 Å². The van der Waals surface area contributed by atoms with Crippen molar-refractivity contribution in [1.29, 1.82) is 0 Å². The maximum Gasteiger partial charge on any atom is 0.270 e. The monoisotopic (exact) mass is 335 g/mol. The highest BCUT2D eigenvalue weighted by atomic mass is 16.6. The number of carbonyl (C=O) groups excluding carboxylic acids is 1. The SMILES string of the molecule is O=Cc1cc(Oc2ccccc2)cc(-c2cccc([N+](=O)[O-])c2)c1O. The zero-order valence-corrected chi connectivity index (χ0v) is 13.0. The fourth-order valence-corrected chi connectivity index (χ4v) is 2.41. The number of rotatable bonds is 5. The van der Waals surface area contributed by atoms with Crippen LogP contribution in [0.1, 0.15) is 10.4 Å². The van der Waals surface area contributed by atoms with E-state index in [1.54, 1.807) is 30.3 Å². The number of nitro benzene ring substituents is 1. The van der Waals surface area contributed by atoms with Crippen LogP contribution in [0.4, 0.5) is 5.69 Å². The van der Waals surface area contributed by atoms with E-state index in [1.807, 2.05) is 6.07 Å². The summed E-state index contributed by atoms with van der Waals surface area (Å²) in [7, 11) is 0. The lowest BCUT2D eigenvalue weighted by Gasteiger charge is -2.12. The average molecular weight is 335 g/mol. The molecule has 0 bridgehead atoms. The lowest BCUT2D eigenvalue weighted by molar-refractivity contribution is -0.384. The van der Waals surface area contributed by atoms with Crippen molar-refractivity contribution in [2.45, 2.75) is 0 Å². The molecule has 3 rings (SSSR count). The van der Waals surface area contributed by atoms with Crippen LogP contribution >= 0.6 is 0 Å². The quantitative estimate of drug-likeness (QED) is 0.419. The molecule has 124 valence electrons. The third kappa shape index (κ3) is 3.48. The molecule has 0 aromatic heterocycles. The van der Waals surface area contributed by atoms with Crippen molar-refractivity contribution in [2.75, 3.05) is 0 Å². The highest BCUT2D eigenvalue weighted by Crippen LogP contribution is 2.37. The highest BCUT2D eigenvalue weighted by Gasteiger charge is 2.15. The zero-order valence-electron chi connectivity index (χ0n) is 13.0. The molecule has 0 amide bonds. The number of aldehydes is 1. The van der Waals surface area contributed by atoms with Crippen LogP contribution < -0.4 is 4.74 Å². The Hall–Kier alpha value is -3.67. The van der Waals surface area contributed by atoms with Crippen LogP contribution in [0.2, 0.25) is 0 Å². The smallest absolute Gasteiger partial charge is 0.270 e. The molecular weight excluding hydrogens is 322 g/mol. The second kappa shape index (κ2) is 6.84. The fourth-order valence-electron chi connectivity index (χ4n) is 2.41. The third-order valence-corrected chi connectivity index (χ3v) is 3.59. The van der Waals surface area contributed by atoms with Gasteiger partial charge in [-0.3, -0.25) is 14.9 Å². The normalized spacial score (nSPS) is 10.2. The molecule has 0 aliphatic rings. The van der Waals surface area contributed by atoms with Crippen LogP contribution in [-0.2, 0) is 0 Å². The lowest BCUT2D eigenvalue weighted by atomic mass is 10.0. The number of aromatic hydroxyl groups is 1. The zero-order chi connectivity index (χ0) is 17.8. The number of para-hydroxylation sites is 1. The van der Waals surface area contributed by atoms with Crippen molar-refractivity contribution in [2.24, 2.45) is 0 Å². The highest BCUT2D eigenvalue weighted by molar-refractivity contribution is 5.87.